The molecule has 2 aromatic carbocycles. The van der Waals surface area contributed by atoms with Crippen molar-refractivity contribution in [3.63, 3.8) is 0 Å². The van der Waals surface area contributed by atoms with Crippen LogP contribution < -0.4 is 14.5 Å². The first-order chi connectivity index (χ1) is 20.6. The van der Waals surface area contributed by atoms with Crippen molar-refractivity contribution in [3.05, 3.63) is 77.9 Å². The molecule has 2 fully saturated rings. The molecule has 0 saturated carbocycles. The molecule has 4 heterocycles. The van der Waals surface area contributed by atoms with E-state index in [2.05, 4.69) is 6.08 Å². The van der Waals surface area contributed by atoms with Gasteiger partial charge in [-0.1, -0.05) is 42.5 Å². The normalized spacial score (nSPS) is 30.6. The molecular weight excluding hydrogens is 562 g/mol. The number of aliphatic hydroxyl groups is 1. The highest BCUT2D eigenvalue weighted by Crippen LogP contribution is 2.66. The molecule has 1 unspecified atom stereocenters. The third-order valence-electron chi connectivity index (χ3n) is 9.40. The average Bonchev–Trinajstić information content (AvgIpc) is 3.26. The standard InChI is InChI=1S/C34H39N3O5S/c1-6-42-25-14-12-24(13-15-25)35-18-8-16-33(5)26(30(35)39)27-31(40)37(23(4)20-38)29-32(41)36(19-9-17-34(27,29)43-33)28-21(2)10-7-11-22(28)3/h7-17,23,26-27,29,38H,6,18-20H2,1-5H3/t23-,26+,27+,29?,33-,34+/m1/s1. The third-order valence-corrected chi connectivity index (χ3v) is 11.2. The Bertz CT molecular complexity index is 1500. The summed E-state index contributed by atoms with van der Waals surface area (Å²) < 4.78 is 3.90. The van der Waals surface area contributed by atoms with Crippen LogP contribution in [0.4, 0.5) is 11.4 Å². The van der Waals surface area contributed by atoms with Gasteiger partial charge < -0.3 is 24.5 Å². The summed E-state index contributed by atoms with van der Waals surface area (Å²) in [5, 5.41) is 10.3. The number of ether oxygens (including phenoxy) is 1. The summed E-state index contributed by atoms with van der Waals surface area (Å²) in [6.07, 6.45) is 8.05. The van der Waals surface area contributed by atoms with Gasteiger partial charge in [0, 0.05) is 29.2 Å². The van der Waals surface area contributed by atoms with Crippen molar-refractivity contribution in [1.29, 1.82) is 0 Å². The molecule has 2 aromatic rings. The minimum absolute atomic E-state index is 0.145. The van der Waals surface area contributed by atoms with Crippen molar-refractivity contribution in [2.24, 2.45) is 11.8 Å². The van der Waals surface area contributed by atoms with Crippen LogP contribution in [0.5, 0.6) is 5.75 Å². The lowest BCUT2D eigenvalue weighted by molar-refractivity contribution is -0.141. The smallest absolute Gasteiger partial charge is 0.251 e. The molecule has 1 spiro atoms. The Morgan fingerprint density at radius 2 is 1.58 bits per heavy atom. The lowest BCUT2D eigenvalue weighted by Crippen LogP contribution is -2.56. The van der Waals surface area contributed by atoms with Crippen LogP contribution in [0, 0.1) is 25.7 Å². The number of hydrogen-bond acceptors (Lipinski definition) is 6. The number of carbonyl (C=O) groups excluding carboxylic acids is 3. The van der Waals surface area contributed by atoms with Crippen LogP contribution in [-0.2, 0) is 14.4 Å². The molecule has 3 amide bonds. The fraction of sp³-hybridized carbons (Fsp3) is 0.441. The quantitative estimate of drug-likeness (QED) is 0.498. The number of aliphatic hydroxyl groups excluding tert-OH is 1. The largest absolute Gasteiger partial charge is 0.494 e. The SMILES string of the molecule is CCOc1ccc(N2CC=C[C@@]3(C)S[C@]45C=CCN(c6c(C)cccc6C)C(=O)C4N([C@H](C)CO)C(=O)[C@@H]5[C@H]3C2=O)cc1. The second-order valence-corrected chi connectivity index (χ2v) is 13.9. The summed E-state index contributed by atoms with van der Waals surface area (Å²) in [5.41, 5.74) is 3.51. The van der Waals surface area contributed by atoms with Gasteiger partial charge in [0.2, 0.25) is 11.8 Å². The van der Waals surface area contributed by atoms with Crippen LogP contribution >= 0.6 is 11.8 Å². The minimum atomic E-state index is -0.982. The number of amides is 3. The highest BCUT2D eigenvalue weighted by Gasteiger charge is 2.74. The topological polar surface area (TPSA) is 90.4 Å². The highest BCUT2D eigenvalue weighted by atomic mass is 32.2. The first-order valence-electron chi connectivity index (χ1n) is 15.0. The number of para-hydroxylation sites is 1. The van der Waals surface area contributed by atoms with Crippen LogP contribution in [0.25, 0.3) is 0 Å². The molecular formula is C34H39N3O5S. The summed E-state index contributed by atoms with van der Waals surface area (Å²) in [5.74, 6) is -1.36. The maximum absolute atomic E-state index is 14.7. The average molecular weight is 602 g/mol. The van der Waals surface area contributed by atoms with Gasteiger partial charge >= 0.3 is 0 Å². The molecule has 0 aromatic heterocycles. The van der Waals surface area contributed by atoms with Crippen molar-refractivity contribution in [2.75, 3.05) is 36.1 Å². The van der Waals surface area contributed by atoms with E-state index in [1.54, 1.807) is 33.4 Å². The number of rotatable bonds is 6. The molecule has 4 aliphatic heterocycles. The van der Waals surface area contributed by atoms with E-state index in [1.165, 1.54) is 0 Å². The molecule has 2 saturated heterocycles. The molecule has 9 heteroatoms. The zero-order valence-electron chi connectivity index (χ0n) is 25.3. The van der Waals surface area contributed by atoms with Crippen molar-refractivity contribution in [1.82, 2.24) is 4.90 Å². The first kappa shape index (κ1) is 29.5. The number of nitrogens with zero attached hydrogens (tertiary/aromatic N) is 3. The van der Waals surface area contributed by atoms with E-state index in [0.717, 1.165) is 28.3 Å². The van der Waals surface area contributed by atoms with Crippen molar-refractivity contribution < 1.29 is 24.2 Å². The Morgan fingerprint density at radius 3 is 2.23 bits per heavy atom. The third kappa shape index (κ3) is 4.42. The van der Waals surface area contributed by atoms with Gasteiger partial charge in [-0.2, -0.15) is 0 Å². The lowest BCUT2D eigenvalue weighted by atomic mass is 9.74. The van der Waals surface area contributed by atoms with E-state index in [9.17, 15) is 19.5 Å². The Labute approximate surface area is 257 Å². The van der Waals surface area contributed by atoms with E-state index < -0.39 is 33.4 Å². The zero-order valence-corrected chi connectivity index (χ0v) is 26.1. The molecule has 8 nitrogen and oxygen atoms in total. The van der Waals surface area contributed by atoms with Crippen LogP contribution in [0.1, 0.15) is 31.9 Å². The van der Waals surface area contributed by atoms with E-state index in [-0.39, 0.29) is 24.3 Å². The highest BCUT2D eigenvalue weighted by molar-refractivity contribution is 8.02. The maximum Gasteiger partial charge on any atom is 0.251 e. The molecule has 226 valence electrons. The predicted octanol–water partition coefficient (Wildman–Crippen LogP) is 4.28. The van der Waals surface area contributed by atoms with E-state index >= 15 is 0 Å². The number of likely N-dealkylation sites (tertiary alicyclic amines) is 1. The fourth-order valence-electron chi connectivity index (χ4n) is 7.58. The van der Waals surface area contributed by atoms with Gasteiger partial charge in [-0.05, 0) is 70.0 Å². The Kier molecular flexibility index (Phi) is 7.45. The summed E-state index contributed by atoms with van der Waals surface area (Å²) in [7, 11) is 0. The van der Waals surface area contributed by atoms with Gasteiger partial charge in [-0.15, -0.1) is 11.8 Å². The summed E-state index contributed by atoms with van der Waals surface area (Å²) in [4.78, 5) is 49.0. The van der Waals surface area contributed by atoms with Crippen LogP contribution in [0.15, 0.2) is 66.8 Å². The number of aryl methyl sites for hydroxylation is 2. The van der Waals surface area contributed by atoms with E-state index in [0.29, 0.717) is 19.7 Å². The zero-order chi connectivity index (χ0) is 30.7. The molecule has 1 N–H and O–H groups in total. The second-order valence-electron chi connectivity index (χ2n) is 12.1. The molecule has 6 rings (SSSR count). The fourth-order valence-corrected chi connectivity index (χ4v) is 9.72. The summed E-state index contributed by atoms with van der Waals surface area (Å²) in [6.45, 7) is 10.7. The van der Waals surface area contributed by atoms with Crippen LogP contribution in [0.2, 0.25) is 0 Å². The van der Waals surface area contributed by atoms with Crippen LogP contribution in [0.3, 0.4) is 0 Å². The minimum Gasteiger partial charge on any atom is -0.494 e. The maximum atomic E-state index is 14.7. The monoisotopic (exact) mass is 601 g/mol. The first-order valence-corrected chi connectivity index (χ1v) is 15.8. The number of fused-ring (bicyclic) bond motifs is 2. The summed E-state index contributed by atoms with van der Waals surface area (Å²) >= 11 is 1.55. The number of carbonyl (C=O) groups is 3. The van der Waals surface area contributed by atoms with E-state index in [4.69, 9.17) is 4.74 Å². The molecule has 0 bridgehead atoms. The summed E-state index contributed by atoms with van der Waals surface area (Å²) in [6, 6.07) is 11.9. The molecule has 0 aliphatic carbocycles. The molecule has 43 heavy (non-hydrogen) atoms. The van der Waals surface area contributed by atoms with Crippen molar-refractivity contribution in [2.45, 2.75) is 56.2 Å². The Hall–Kier alpha value is -3.56. The second kappa shape index (κ2) is 10.9. The number of hydrogen-bond donors (Lipinski definition) is 1. The lowest BCUT2D eigenvalue weighted by Gasteiger charge is -2.39. The Balaban J connectivity index is 1.46. The predicted molar refractivity (Wildman–Crippen MR) is 169 cm³/mol. The van der Waals surface area contributed by atoms with Crippen molar-refractivity contribution >= 4 is 40.9 Å². The van der Waals surface area contributed by atoms with Gasteiger partial charge in [-0.3, -0.25) is 14.4 Å². The molecule has 4 aliphatic rings. The van der Waals surface area contributed by atoms with E-state index in [1.807, 2.05) is 88.4 Å². The van der Waals surface area contributed by atoms with Gasteiger partial charge in [0.1, 0.15) is 11.8 Å². The Morgan fingerprint density at radius 1 is 0.930 bits per heavy atom. The number of benzene rings is 2. The van der Waals surface area contributed by atoms with Crippen LogP contribution in [-0.4, -0.2) is 75.6 Å². The van der Waals surface area contributed by atoms with Gasteiger partial charge in [-0.25, -0.2) is 0 Å². The number of anilines is 2. The van der Waals surface area contributed by atoms with Gasteiger partial charge in [0.15, 0.2) is 0 Å². The molecule has 6 atom stereocenters. The van der Waals surface area contributed by atoms with Gasteiger partial charge in [0.25, 0.3) is 5.91 Å². The molecule has 0 radical (unpaired) electrons. The van der Waals surface area contributed by atoms with Gasteiger partial charge in [0.05, 0.1) is 35.8 Å². The number of thioether (sulfide) groups is 1. The van der Waals surface area contributed by atoms with Crippen molar-refractivity contribution in [3.8, 4) is 5.75 Å².